The minimum absolute atomic E-state index is 0.0983. The number of esters is 2. The topological polar surface area (TPSA) is 43.4 Å². The van der Waals surface area contributed by atoms with Gasteiger partial charge >= 0.3 is 11.9 Å². The zero-order valence-corrected chi connectivity index (χ0v) is 8.31. The molecule has 0 N–H and O–H groups in total. The van der Waals surface area contributed by atoms with Crippen molar-refractivity contribution in [3.05, 3.63) is 35.9 Å². The minimum Gasteiger partial charge on any atom is -0.393 e. The predicted octanol–water partition coefficient (Wildman–Crippen LogP) is 1.71. The lowest BCUT2D eigenvalue weighted by molar-refractivity contribution is -0.165. The second kappa shape index (κ2) is 4.26. The lowest BCUT2D eigenvalue weighted by atomic mass is 9.92. The molecule has 1 aromatic carbocycles. The molecule has 1 aliphatic rings. The molecule has 15 heavy (non-hydrogen) atoms. The van der Waals surface area contributed by atoms with E-state index in [1.54, 1.807) is 0 Å². The quantitative estimate of drug-likeness (QED) is 0.544. The molecule has 3 heteroatoms. The van der Waals surface area contributed by atoms with E-state index in [-0.39, 0.29) is 5.92 Å². The van der Waals surface area contributed by atoms with Gasteiger partial charge in [-0.25, -0.2) is 0 Å². The van der Waals surface area contributed by atoms with Gasteiger partial charge in [-0.2, -0.15) is 0 Å². The Kier molecular flexibility index (Phi) is 2.81. The molecule has 0 aromatic heterocycles. The van der Waals surface area contributed by atoms with Crippen LogP contribution in [0.25, 0.3) is 0 Å². The van der Waals surface area contributed by atoms with Crippen molar-refractivity contribution in [1.29, 1.82) is 0 Å². The maximum atomic E-state index is 11.0. The Balaban J connectivity index is 2.00. The van der Waals surface area contributed by atoms with Crippen LogP contribution in [0.3, 0.4) is 0 Å². The lowest BCUT2D eigenvalue weighted by Crippen LogP contribution is -2.26. The van der Waals surface area contributed by atoms with E-state index in [1.165, 1.54) is 0 Å². The fourth-order valence-electron chi connectivity index (χ4n) is 1.85. The molecule has 0 unspecified atom stereocenters. The van der Waals surface area contributed by atoms with E-state index in [9.17, 15) is 9.59 Å². The fourth-order valence-corrected chi connectivity index (χ4v) is 1.85. The van der Waals surface area contributed by atoms with Crippen LogP contribution in [0.5, 0.6) is 0 Å². The van der Waals surface area contributed by atoms with Crippen molar-refractivity contribution >= 4 is 11.9 Å². The number of carbonyl (C=O) groups excluding carboxylic acids is 2. The first kappa shape index (κ1) is 9.90. The smallest absolute Gasteiger partial charge is 0.313 e. The standard InChI is InChI=1S/C12H12O3/c13-11-7-10(8-12(14)15-11)6-9-4-2-1-3-5-9/h1-5,10H,6-8H2. The summed E-state index contributed by atoms with van der Waals surface area (Å²) in [4.78, 5) is 22.1. The van der Waals surface area contributed by atoms with Crippen LogP contribution in [0.1, 0.15) is 18.4 Å². The molecule has 0 saturated carbocycles. The first-order valence-corrected chi connectivity index (χ1v) is 5.01. The molecule has 0 spiro atoms. The van der Waals surface area contributed by atoms with Crippen LogP contribution in [0, 0.1) is 5.92 Å². The molecular formula is C12H12O3. The van der Waals surface area contributed by atoms with Gasteiger partial charge in [-0.15, -0.1) is 0 Å². The molecule has 1 aromatic rings. The summed E-state index contributed by atoms with van der Waals surface area (Å²) in [6, 6.07) is 9.87. The van der Waals surface area contributed by atoms with E-state index >= 15 is 0 Å². The number of cyclic esters (lactones) is 2. The van der Waals surface area contributed by atoms with E-state index in [2.05, 4.69) is 4.74 Å². The van der Waals surface area contributed by atoms with Crippen LogP contribution >= 0.6 is 0 Å². The zero-order valence-electron chi connectivity index (χ0n) is 8.31. The Hall–Kier alpha value is -1.64. The summed E-state index contributed by atoms with van der Waals surface area (Å²) in [6.07, 6.45) is 1.46. The van der Waals surface area contributed by atoms with Crippen molar-refractivity contribution in [3.8, 4) is 0 Å². The number of rotatable bonds is 2. The molecule has 1 saturated heterocycles. The normalized spacial score (nSPS) is 17.6. The van der Waals surface area contributed by atoms with Crippen molar-refractivity contribution < 1.29 is 14.3 Å². The summed E-state index contributed by atoms with van der Waals surface area (Å²) in [5, 5.41) is 0. The van der Waals surface area contributed by atoms with Gasteiger partial charge in [0.15, 0.2) is 0 Å². The molecule has 1 fully saturated rings. The first-order chi connectivity index (χ1) is 7.24. The van der Waals surface area contributed by atoms with Crippen LogP contribution in [0.4, 0.5) is 0 Å². The van der Waals surface area contributed by atoms with Crippen LogP contribution in [-0.2, 0) is 20.7 Å². The Bertz CT molecular complexity index is 354. The Morgan fingerprint density at radius 3 is 2.27 bits per heavy atom. The Morgan fingerprint density at radius 1 is 1.07 bits per heavy atom. The second-order valence-electron chi connectivity index (χ2n) is 3.81. The highest BCUT2D eigenvalue weighted by atomic mass is 16.6. The summed E-state index contributed by atoms with van der Waals surface area (Å²) in [6.45, 7) is 0. The number of hydrogen-bond donors (Lipinski definition) is 0. The van der Waals surface area contributed by atoms with Crippen LogP contribution in [-0.4, -0.2) is 11.9 Å². The van der Waals surface area contributed by atoms with Gasteiger partial charge in [0.1, 0.15) is 0 Å². The monoisotopic (exact) mass is 204 g/mol. The van der Waals surface area contributed by atoms with Crippen molar-refractivity contribution in [2.45, 2.75) is 19.3 Å². The molecular weight excluding hydrogens is 192 g/mol. The third-order valence-electron chi connectivity index (χ3n) is 2.51. The molecule has 0 aliphatic carbocycles. The molecule has 0 atom stereocenters. The molecule has 0 amide bonds. The largest absolute Gasteiger partial charge is 0.393 e. The highest BCUT2D eigenvalue weighted by Gasteiger charge is 2.26. The molecule has 3 nitrogen and oxygen atoms in total. The summed E-state index contributed by atoms with van der Waals surface area (Å²) in [7, 11) is 0. The first-order valence-electron chi connectivity index (χ1n) is 5.01. The van der Waals surface area contributed by atoms with Gasteiger partial charge in [0.05, 0.1) is 0 Å². The van der Waals surface area contributed by atoms with E-state index in [0.29, 0.717) is 12.8 Å². The minimum atomic E-state index is -0.396. The molecule has 0 radical (unpaired) electrons. The highest BCUT2D eigenvalue weighted by molar-refractivity contribution is 5.88. The van der Waals surface area contributed by atoms with E-state index in [4.69, 9.17) is 0 Å². The summed E-state index contributed by atoms with van der Waals surface area (Å²) in [5.74, 6) is -0.694. The van der Waals surface area contributed by atoms with Gasteiger partial charge in [-0.1, -0.05) is 30.3 Å². The maximum absolute atomic E-state index is 11.0. The van der Waals surface area contributed by atoms with Gasteiger partial charge in [0.2, 0.25) is 0 Å². The van der Waals surface area contributed by atoms with Gasteiger partial charge in [-0.3, -0.25) is 9.59 Å². The second-order valence-corrected chi connectivity index (χ2v) is 3.81. The van der Waals surface area contributed by atoms with Gasteiger partial charge in [-0.05, 0) is 17.9 Å². The fraction of sp³-hybridized carbons (Fsp3) is 0.333. The molecule has 1 heterocycles. The third-order valence-corrected chi connectivity index (χ3v) is 2.51. The average molecular weight is 204 g/mol. The van der Waals surface area contributed by atoms with Crippen molar-refractivity contribution in [2.24, 2.45) is 5.92 Å². The molecule has 78 valence electrons. The summed E-state index contributed by atoms with van der Waals surface area (Å²) >= 11 is 0. The maximum Gasteiger partial charge on any atom is 0.313 e. The van der Waals surface area contributed by atoms with Gasteiger partial charge in [0, 0.05) is 12.8 Å². The van der Waals surface area contributed by atoms with E-state index < -0.39 is 11.9 Å². The van der Waals surface area contributed by atoms with Crippen LogP contribution in [0.15, 0.2) is 30.3 Å². The number of carbonyl (C=O) groups is 2. The number of ether oxygens (including phenoxy) is 1. The van der Waals surface area contributed by atoms with Crippen LogP contribution < -0.4 is 0 Å². The van der Waals surface area contributed by atoms with E-state index in [0.717, 1.165) is 12.0 Å². The highest BCUT2D eigenvalue weighted by Crippen LogP contribution is 2.21. The Morgan fingerprint density at radius 2 is 1.67 bits per heavy atom. The number of hydrogen-bond acceptors (Lipinski definition) is 3. The van der Waals surface area contributed by atoms with Crippen LogP contribution in [0.2, 0.25) is 0 Å². The van der Waals surface area contributed by atoms with E-state index in [1.807, 2.05) is 30.3 Å². The molecule has 0 bridgehead atoms. The number of benzene rings is 1. The predicted molar refractivity (Wildman–Crippen MR) is 54.0 cm³/mol. The SMILES string of the molecule is O=C1CC(Cc2ccccc2)CC(=O)O1. The molecule has 2 rings (SSSR count). The van der Waals surface area contributed by atoms with Gasteiger partial charge < -0.3 is 4.74 Å². The average Bonchev–Trinajstić information content (AvgIpc) is 2.17. The third kappa shape index (κ3) is 2.65. The van der Waals surface area contributed by atoms with Crippen molar-refractivity contribution in [2.75, 3.05) is 0 Å². The molecule has 1 aliphatic heterocycles. The summed E-state index contributed by atoms with van der Waals surface area (Å²) in [5.41, 5.74) is 1.16. The zero-order chi connectivity index (χ0) is 10.7. The van der Waals surface area contributed by atoms with Crippen molar-refractivity contribution in [3.63, 3.8) is 0 Å². The summed E-state index contributed by atoms with van der Waals surface area (Å²) < 4.78 is 4.48. The van der Waals surface area contributed by atoms with Crippen molar-refractivity contribution in [1.82, 2.24) is 0 Å². The Labute approximate surface area is 88.1 Å². The lowest BCUT2D eigenvalue weighted by Gasteiger charge is -2.19. The van der Waals surface area contributed by atoms with Gasteiger partial charge in [0.25, 0.3) is 0 Å².